The Morgan fingerprint density at radius 3 is 2.32 bits per heavy atom. The van der Waals surface area contributed by atoms with Gasteiger partial charge in [-0.05, 0) is 57.8 Å². The number of hydrogen-bond acceptors (Lipinski definition) is 3. The van der Waals surface area contributed by atoms with Gasteiger partial charge in [0.25, 0.3) is 0 Å². The van der Waals surface area contributed by atoms with E-state index in [9.17, 15) is 0 Å². The van der Waals surface area contributed by atoms with E-state index in [0.29, 0.717) is 6.04 Å². The maximum absolute atomic E-state index is 4.45. The summed E-state index contributed by atoms with van der Waals surface area (Å²) in [6.45, 7) is 8.91. The minimum atomic E-state index is 0.502. The number of benzene rings is 1. The van der Waals surface area contributed by atoms with Gasteiger partial charge in [0, 0.05) is 17.3 Å². The number of nitrogens with zero attached hydrogens (tertiary/aromatic N) is 3. The van der Waals surface area contributed by atoms with Gasteiger partial charge in [-0.1, -0.05) is 30.7 Å². The highest BCUT2D eigenvalue weighted by Crippen LogP contribution is 2.27. The predicted molar refractivity (Wildman–Crippen MR) is 90.8 cm³/mol. The van der Waals surface area contributed by atoms with Crippen LogP contribution in [0.5, 0.6) is 0 Å². The second kappa shape index (κ2) is 6.57. The topological polar surface area (TPSA) is 29.0 Å². The van der Waals surface area contributed by atoms with Crippen molar-refractivity contribution < 1.29 is 0 Å². The van der Waals surface area contributed by atoms with E-state index in [4.69, 9.17) is 0 Å². The first-order valence-corrected chi connectivity index (χ1v) is 8.29. The highest BCUT2D eigenvalue weighted by atomic mass is 15.2. The summed E-state index contributed by atoms with van der Waals surface area (Å²) >= 11 is 0. The van der Waals surface area contributed by atoms with Gasteiger partial charge in [-0.3, -0.25) is 4.90 Å². The van der Waals surface area contributed by atoms with Crippen molar-refractivity contribution in [1.29, 1.82) is 0 Å². The predicted octanol–water partition coefficient (Wildman–Crippen LogP) is 4.31. The van der Waals surface area contributed by atoms with Gasteiger partial charge in [0.05, 0.1) is 5.69 Å². The van der Waals surface area contributed by atoms with E-state index in [-0.39, 0.29) is 0 Å². The molecule has 1 atom stereocenters. The molecule has 1 saturated heterocycles. The molecule has 22 heavy (non-hydrogen) atoms. The van der Waals surface area contributed by atoms with Crippen LogP contribution in [0.15, 0.2) is 30.6 Å². The fourth-order valence-electron chi connectivity index (χ4n) is 3.27. The van der Waals surface area contributed by atoms with Crippen LogP contribution in [0.2, 0.25) is 0 Å². The van der Waals surface area contributed by atoms with Gasteiger partial charge in [-0.15, -0.1) is 0 Å². The Bertz CT molecular complexity index is 628. The van der Waals surface area contributed by atoms with Gasteiger partial charge in [-0.2, -0.15) is 0 Å². The van der Waals surface area contributed by atoms with Gasteiger partial charge in [0.15, 0.2) is 0 Å². The highest BCUT2D eigenvalue weighted by molar-refractivity contribution is 5.63. The number of rotatable bonds is 3. The average Bonchev–Trinajstić information content (AvgIpc) is 2.58. The summed E-state index contributed by atoms with van der Waals surface area (Å²) in [6.07, 6.45) is 5.71. The number of hydrogen-bond donors (Lipinski definition) is 0. The molecule has 0 saturated carbocycles. The first-order valence-electron chi connectivity index (χ1n) is 8.29. The number of aryl methyl sites for hydroxylation is 1. The van der Waals surface area contributed by atoms with E-state index >= 15 is 0 Å². The van der Waals surface area contributed by atoms with Crippen LogP contribution < -0.4 is 0 Å². The van der Waals surface area contributed by atoms with Crippen LogP contribution in [0.25, 0.3) is 11.3 Å². The Kier molecular flexibility index (Phi) is 4.53. The third kappa shape index (κ3) is 3.05. The van der Waals surface area contributed by atoms with Crippen molar-refractivity contribution in [2.24, 2.45) is 0 Å². The lowest BCUT2D eigenvalue weighted by molar-refractivity contribution is 0.175. The fourth-order valence-corrected chi connectivity index (χ4v) is 3.27. The Morgan fingerprint density at radius 2 is 1.64 bits per heavy atom. The van der Waals surface area contributed by atoms with Crippen molar-refractivity contribution in [3.8, 4) is 11.3 Å². The molecule has 0 amide bonds. The molecule has 0 unspecified atom stereocenters. The number of piperidine rings is 1. The first kappa shape index (κ1) is 15.2. The molecule has 2 heterocycles. The molecule has 0 aliphatic carbocycles. The van der Waals surface area contributed by atoms with Crippen LogP contribution in [0.3, 0.4) is 0 Å². The summed E-state index contributed by atoms with van der Waals surface area (Å²) in [5.74, 6) is 0. The molecule has 1 fully saturated rings. The molecule has 3 rings (SSSR count). The van der Waals surface area contributed by atoms with Crippen molar-refractivity contribution in [3.63, 3.8) is 0 Å². The van der Waals surface area contributed by atoms with E-state index in [1.165, 1.54) is 49.0 Å². The summed E-state index contributed by atoms with van der Waals surface area (Å²) < 4.78 is 0. The first-order chi connectivity index (χ1) is 10.7. The van der Waals surface area contributed by atoms with E-state index in [2.05, 4.69) is 53.0 Å². The van der Waals surface area contributed by atoms with Crippen LogP contribution in [0.1, 0.15) is 49.0 Å². The Balaban J connectivity index is 1.81. The quantitative estimate of drug-likeness (QED) is 0.845. The zero-order chi connectivity index (χ0) is 15.5. The van der Waals surface area contributed by atoms with Crippen LogP contribution in [0.4, 0.5) is 0 Å². The maximum atomic E-state index is 4.45. The van der Waals surface area contributed by atoms with E-state index in [0.717, 1.165) is 11.4 Å². The van der Waals surface area contributed by atoms with Crippen molar-refractivity contribution in [1.82, 2.24) is 14.9 Å². The van der Waals surface area contributed by atoms with Gasteiger partial charge < -0.3 is 0 Å². The van der Waals surface area contributed by atoms with Crippen molar-refractivity contribution in [2.75, 3.05) is 13.1 Å². The van der Waals surface area contributed by atoms with Crippen LogP contribution in [-0.2, 0) is 0 Å². The van der Waals surface area contributed by atoms with Gasteiger partial charge in [-0.25, -0.2) is 9.97 Å². The smallest absolute Gasteiger partial charge is 0.116 e. The monoisotopic (exact) mass is 295 g/mol. The summed E-state index contributed by atoms with van der Waals surface area (Å²) in [4.78, 5) is 11.3. The normalized spacial score (nSPS) is 17.4. The molecule has 0 spiro atoms. The van der Waals surface area contributed by atoms with Crippen LogP contribution >= 0.6 is 0 Å². The number of likely N-dealkylation sites (tertiary alicyclic amines) is 1. The summed E-state index contributed by atoms with van der Waals surface area (Å²) in [6, 6.07) is 9.41. The van der Waals surface area contributed by atoms with Gasteiger partial charge in [0.2, 0.25) is 0 Å². The average molecular weight is 295 g/mol. The molecule has 1 aromatic carbocycles. The molecular weight excluding hydrogens is 270 g/mol. The molecule has 3 nitrogen and oxygen atoms in total. The molecule has 1 aliphatic heterocycles. The molecule has 1 aromatic heterocycles. The minimum absolute atomic E-state index is 0.502. The standard InChI is InChI=1S/C19H25N3/c1-14-15(2)20-13-21-19(14)18-9-7-17(8-10-18)16(3)22-11-5-4-6-12-22/h7-10,13,16H,4-6,11-12H2,1-3H3/t16-/m1/s1. The molecular formula is C19H25N3. The molecule has 0 radical (unpaired) electrons. The van der Waals surface area contributed by atoms with Crippen molar-refractivity contribution in [3.05, 3.63) is 47.4 Å². The second-order valence-electron chi connectivity index (χ2n) is 6.33. The zero-order valence-electron chi connectivity index (χ0n) is 13.8. The van der Waals surface area contributed by atoms with E-state index < -0.39 is 0 Å². The zero-order valence-corrected chi connectivity index (χ0v) is 13.8. The Labute approximate surface area is 133 Å². The lowest BCUT2D eigenvalue weighted by Crippen LogP contribution is -2.32. The highest BCUT2D eigenvalue weighted by Gasteiger charge is 2.18. The molecule has 3 heteroatoms. The van der Waals surface area contributed by atoms with E-state index in [1.54, 1.807) is 6.33 Å². The third-order valence-electron chi connectivity index (χ3n) is 4.94. The number of aromatic nitrogens is 2. The molecule has 116 valence electrons. The molecule has 1 aliphatic rings. The maximum Gasteiger partial charge on any atom is 0.116 e. The van der Waals surface area contributed by atoms with E-state index in [1.807, 2.05) is 6.92 Å². The molecule has 2 aromatic rings. The summed E-state index contributed by atoms with van der Waals surface area (Å²) in [5, 5.41) is 0. The Hall–Kier alpha value is -1.74. The fraction of sp³-hybridized carbons (Fsp3) is 0.474. The van der Waals surface area contributed by atoms with Crippen molar-refractivity contribution >= 4 is 0 Å². The second-order valence-corrected chi connectivity index (χ2v) is 6.33. The molecule has 0 N–H and O–H groups in total. The summed E-state index contributed by atoms with van der Waals surface area (Å²) in [5.41, 5.74) is 5.84. The van der Waals surface area contributed by atoms with Crippen molar-refractivity contribution in [2.45, 2.75) is 46.1 Å². The minimum Gasteiger partial charge on any atom is -0.297 e. The van der Waals surface area contributed by atoms with Crippen LogP contribution in [0, 0.1) is 13.8 Å². The van der Waals surface area contributed by atoms with Gasteiger partial charge in [0.1, 0.15) is 6.33 Å². The lowest BCUT2D eigenvalue weighted by atomic mass is 9.99. The van der Waals surface area contributed by atoms with Crippen LogP contribution in [-0.4, -0.2) is 28.0 Å². The lowest BCUT2D eigenvalue weighted by Gasteiger charge is -2.32. The summed E-state index contributed by atoms with van der Waals surface area (Å²) in [7, 11) is 0. The third-order valence-corrected chi connectivity index (χ3v) is 4.94. The molecule has 0 bridgehead atoms. The van der Waals surface area contributed by atoms with Gasteiger partial charge >= 0.3 is 0 Å². The SMILES string of the molecule is Cc1ncnc(-c2ccc([C@@H](C)N3CCCCC3)cc2)c1C. The largest absolute Gasteiger partial charge is 0.297 e. The Morgan fingerprint density at radius 1 is 0.955 bits per heavy atom.